The highest BCUT2D eigenvalue weighted by molar-refractivity contribution is 7.00. The minimum atomic E-state index is -0.283. The second kappa shape index (κ2) is 23.1. The van der Waals surface area contributed by atoms with Crippen molar-refractivity contribution in [1.29, 1.82) is 0 Å². The van der Waals surface area contributed by atoms with Crippen LogP contribution in [0.15, 0.2) is 374 Å². The maximum atomic E-state index is 7.01. The van der Waals surface area contributed by atoms with E-state index in [2.05, 4.69) is 389 Å². The molecule has 0 unspecified atom stereocenters. The maximum Gasteiger partial charge on any atom is 0.252 e. The number of aromatic nitrogens is 2. The van der Waals surface area contributed by atoms with E-state index in [1.54, 1.807) is 0 Å². The van der Waals surface area contributed by atoms with Crippen molar-refractivity contribution in [2.24, 2.45) is 0 Å². The van der Waals surface area contributed by atoms with E-state index in [4.69, 9.17) is 4.42 Å². The fourth-order valence-electron chi connectivity index (χ4n) is 17.1. The summed E-state index contributed by atoms with van der Waals surface area (Å²) >= 11 is 0. The zero-order valence-corrected chi connectivity index (χ0v) is 55.5. The molecule has 19 aromatic rings. The molecule has 0 radical (unpaired) electrons. The van der Waals surface area contributed by atoms with E-state index < -0.39 is 0 Å². The first-order valence-corrected chi connectivity index (χ1v) is 35.2. The first-order chi connectivity index (χ1) is 50.6. The molecule has 474 valence electrons. The second-order valence-electron chi connectivity index (χ2n) is 27.0. The maximum absolute atomic E-state index is 7.01. The highest BCUT2D eigenvalue weighted by Gasteiger charge is 2.46. The number of para-hydroxylation sites is 7. The number of hydrogen-bond donors (Lipinski definition) is 0. The SMILES string of the molecule is c1ccc(-c2cccc(-c3ccccc3)c2N2c3cc(-n4c5ccccc5c5ccccc54)ccc3B3c4ccc(-n5c6ccccc6c6ccccc65)cc4N(c4c(-c5ccccc5)cccc4-c4ccccc4)c4cc(-c5cc(-c6ccccc6)c6oc7ccccc7c6c5)cc2c43)cc1. The summed E-state index contributed by atoms with van der Waals surface area (Å²) in [5.41, 5.74) is 31.8. The fraction of sp³-hybridized carbons (Fsp3) is 0. The number of hydrogen-bond acceptors (Lipinski definition) is 3. The largest absolute Gasteiger partial charge is 0.455 e. The van der Waals surface area contributed by atoms with Crippen LogP contribution in [0, 0.1) is 0 Å². The van der Waals surface area contributed by atoms with Crippen LogP contribution < -0.4 is 26.2 Å². The summed E-state index contributed by atoms with van der Waals surface area (Å²) in [6.07, 6.45) is 0. The number of anilines is 6. The molecule has 2 aliphatic heterocycles. The highest BCUT2D eigenvalue weighted by atomic mass is 16.3. The Hall–Kier alpha value is -13.4. The summed E-state index contributed by atoms with van der Waals surface area (Å²) in [6, 6.07) is 137. The first kappa shape index (κ1) is 57.6. The lowest BCUT2D eigenvalue weighted by Gasteiger charge is -2.46. The van der Waals surface area contributed by atoms with Gasteiger partial charge >= 0.3 is 0 Å². The molecule has 0 fully saturated rings. The first-order valence-electron chi connectivity index (χ1n) is 35.2. The molecule has 0 aliphatic carbocycles. The van der Waals surface area contributed by atoms with Crippen LogP contribution in [-0.2, 0) is 0 Å². The van der Waals surface area contributed by atoms with Gasteiger partial charge in [-0.05, 0) is 134 Å². The zero-order valence-electron chi connectivity index (χ0n) is 55.5. The third kappa shape index (κ3) is 8.86. The fourth-order valence-corrected chi connectivity index (χ4v) is 17.1. The number of furan rings is 1. The van der Waals surface area contributed by atoms with Crippen molar-refractivity contribution < 1.29 is 4.42 Å². The average molecular weight is 1300 g/mol. The lowest BCUT2D eigenvalue weighted by Crippen LogP contribution is -2.61. The van der Waals surface area contributed by atoms with Crippen molar-refractivity contribution in [3.63, 3.8) is 0 Å². The lowest BCUT2D eigenvalue weighted by molar-refractivity contribution is 0.670. The molecule has 0 atom stereocenters. The summed E-state index contributed by atoms with van der Waals surface area (Å²) in [6.45, 7) is -0.283. The van der Waals surface area contributed by atoms with E-state index in [0.29, 0.717) is 0 Å². The Kier molecular flexibility index (Phi) is 13.1. The predicted molar refractivity (Wildman–Crippen MR) is 429 cm³/mol. The summed E-state index contributed by atoms with van der Waals surface area (Å²) in [5, 5.41) is 6.99. The number of benzene rings is 16. The van der Waals surface area contributed by atoms with Crippen LogP contribution in [0.1, 0.15) is 0 Å². The molecule has 0 amide bonds. The van der Waals surface area contributed by atoms with Gasteiger partial charge in [0.15, 0.2) is 0 Å². The minimum absolute atomic E-state index is 0.283. The predicted octanol–water partition coefficient (Wildman–Crippen LogP) is 23.9. The van der Waals surface area contributed by atoms with E-state index >= 15 is 0 Å². The van der Waals surface area contributed by atoms with Crippen molar-refractivity contribution in [2.45, 2.75) is 0 Å². The Balaban J connectivity index is 0.960. The average Bonchev–Trinajstić information content (AvgIpc) is 0.729. The van der Waals surface area contributed by atoms with Gasteiger partial charge < -0.3 is 23.4 Å². The minimum Gasteiger partial charge on any atom is -0.455 e. The van der Waals surface area contributed by atoms with Crippen LogP contribution in [0.25, 0.3) is 144 Å². The monoisotopic (exact) mass is 1300 g/mol. The number of fused-ring (bicyclic) bond motifs is 13. The van der Waals surface area contributed by atoms with Gasteiger partial charge in [0, 0.05) is 94.3 Å². The molecule has 102 heavy (non-hydrogen) atoms. The van der Waals surface area contributed by atoms with Crippen molar-refractivity contribution in [2.75, 3.05) is 9.80 Å². The quantitative estimate of drug-likeness (QED) is 0.128. The van der Waals surface area contributed by atoms with Crippen molar-refractivity contribution >= 4 is 123 Å². The van der Waals surface area contributed by atoms with E-state index in [1.807, 2.05) is 0 Å². The Morgan fingerprint density at radius 2 is 0.559 bits per heavy atom. The number of nitrogens with zero attached hydrogens (tertiary/aromatic N) is 4. The molecule has 2 aliphatic rings. The summed E-state index contributed by atoms with van der Waals surface area (Å²) < 4.78 is 12.0. The van der Waals surface area contributed by atoms with Gasteiger partial charge in [-0.25, -0.2) is 0 Å². The molecule has 0 saturated heterocycles. The second-order valence-corrected chi connectivity index (χ2v) is 27.0. The van der Waals surface area contributed by atoms with Crippen LogP contribution >= 0.6 is 0 Å². The summed E-state index contributed by atoms with van der Waals surface area (Å²) in [7, 11) is 0. The van der Waals surface area contributed by atoms with Crippen LogP contribution in [0.2, 0.25) is 0 Å². The Morgan fingerprint density at radius 1 is 0.225 bits per heavy atom. The van der Waals surface area contributed by atoms with Crippen LogP contribution in [0.4, 0.5) is 34.1 Å². The normalized spacial score (nSPS) is 12.5. The third-order valence-electron chi connectivity index (χ3n) is 21.5. The molecule has 0 spiro atoms. The molecule has 6 heteroatoms. The number of rotatable bonds is 10. The Labute approximate surface area is 590 Å². The molecule has 0 N–H and O–H groups in total. The molecular weight excluding hydrogens is 1240 g/mol. The molecule has 3 aromatic heterocycles. The van der Waals surface area contributed by atoms with Gasteiger partial charge in [-0.2, -0.15) is 0 Å². The van der Waals surface area contributed by atoms with Gasteiger partial charge in [-0.1, -0.05) is 291 Å². The summed E-state index contributed by atoms with van der Waals surface area (Å²) in [5.74, 6) is 0. The molecular formula is C96H61BN4O. The van der Waals surface area contributed by atoms with E-state index in [1.165, 1.54) is 37.9 Å². The van der Waals surface area contributed by atoms with Crippen LogP contribution in [0.5, 0.6) is 0 Å². The van der Waals surface area contributed by atoms with E-state index in [-0.39, 0.29) is 6.71 Å². The van der Waals surface area contributed by atoms with Gasteiger partial charge in [0.1, 0.15) is 11.2 Å². The van der Waals surface area contributed by atoms with Gasteiger partial charge in [0.05, 0.1) is 33.4 Å². The highest BCUT2D eigenvalue weighted by Crippen LogP contribution is 2.55. The van der Waals surface area contributed by atoms with E-state index in [9.17, 15) is 0 Å². The van der Waals surface area contributed by atoms with Gasteiger partial charge in [0.2, 0.25) is 0 Å². The molecule has 0 saturated carbocycles. The molecule has 5 nitrogen and oxygen atoms in total. The molecule has 21 rings (SSSR count). The van der Waals surface area contributed by atoms with E-state index in [0.717, 1.165) is 156 Å². The molecule has 0 bridgehead atoms. The lowest BCUT2D eigenvalue weighted by atomic mass is 9.33. The Morgan fingerprint density at radius 3 is 0.951 bits per heavy atom. The standard InChI is InChI=1S/C96H61BN4O/c1-6-28-62(29-7-1)71-43-26-44-72(63-30-8-2-9-31-63)94(71)100-88-60-69(98-84-47-21-16-38-75(84)76-39-17-22-48-85(76)98)52-54-82(88)97-83-55-53-70(99-86-49-23-18-40-77(86)78-41-19-24-50-87(78)99)61-89(83)101(95-73(64-32-10-3-11-33-64)45-27-46-74(95)65-34-12-4-13-35-65)91-59-68(58-90(100)93(91)97)67-56-80(66-36-14-5-15-37-66)96-81(57-67)79-42-20-25-51-92(79)102-96/h1-61H. The smallest absolute Gasteiger partial charge is 0.252 e. The van der Waals surface area contributed by atoms with Crippen LogP contribution in [-0.4, -0.2) is 15.8 Å². The van der Waals surface area contributed by atoms with Gasteiger partial charge in [-0.3, -0.25) is 0 Å². The van der Waals surface area contributed by atoms with Gasteiger partial charge in [0.25, 0.3) is 6.71 Å². The zero-order chi connectivity index (χ0) is 66.9. The van der Waals surface area contributed by atoms with Crippen molar-refractivity contribution in [3.05, 3.63) is 370 Å². The third-order valence-corrected chi connectivity index (χ3v) is 21.5. The topological polar surface area (TPSA) is 29.5 Å². The van der Waals surface area contributed by atoms with Crippen molar-refractivity contribution in [3.8, 4) is 78.1 Å². The van der Waals surface area contributed by atoms with Crippen molar-refractivity contribution in [1.82, 2.24) is 9.13 Å². The Bertz CT molecular complexity index is 6040. The van der Waals surface area contributed by atoms with Crippen LogP contribution in [0.3, 0.4) is 0 Å². The molecule has 16 aromatic carbocycles. The molecule has 5 heterocycles. The summed E-state index contributed by atoms with van der Waals surface area (Å²) in [4.78, 5) is 5.36. The van der Waals surface area contributed by atoms with Gasteiger partial charge in [-0.15, -0.1) is 0 Å².